The van der Waals surface area contributed by atoms with E-state index in [1.165, 1.54) is 17.6 Å². The number of rotatable bonds is 7. The maximum absolute atomic E-state index is 13.0. The zero-order valence-electron chi connectivity index (χ0n) is 19.0. The molecule has 33 heavy (non-hydrogen) atoms. The summed E-state index contributed by atoms with van der Waals surface area (Å²) in [6.07, 6.45) is 9.39. The van der Waals surface area contributed by atoms with Crippen LogP contribution >= 0.6 is 36.4 Å². The van der Waals surface area contributed by atoms with E-state index in [4.69, 9.17) is 16.8 Å². The van der Waals surface area contributed by atoms with Gasteiger partial charge in [0, 0.05) is 43.9 Å². The second-order valence-electron chi connectivity index (χ2n) is 8.80. The number of nitrogens with zero attached hydrogens (tertiary/aromatic N) is 3. The van der Waals surface area contributed by atoms with Gasteiger partial charge in [-0.1, -0.05) is 11.6 Å². The van der Waals surface area contributed by atoms with Crippen LogP contribution in [0.3, 0.4) is 0 Å². The highest BCUT2D eigenvalue weighted by atomic mass is 35.5. The van der Waals surface area contributed by atoms with E-state index < -0.39 is 5.91 Å². The van der Waals surface area contributed by atoms with Gasteiger partial charge in [0.25, 0.3) is 5.91 Å². The number of pyridine rings is 1. The van der Waals surface area contributed by atoms with Crippen molar-refractivity contribution >= 4 is 60.1 Å². The molecule has 2 aliphatic rings. The summed E-state index contributed by atoms with van der Waals surface area (Å²) in [4.78, 5) is 32.6. The SMILES string of the molecule is CN(C)C[C@H]1CC[C@H](C(=O)N2CC[C@@H](Nc3ncc(C=CC(=O)NO)cc3Cl)C2)CC1.Cl.Cl. The number of nitrogens with one attached hydrogen (secondary N) is 2. The van der Waals surface area contributed by atoms with Gasteiger partial charge in [-0.3, -0.25) is 14.8 Å². The number of hydroxylamine groups is 1. The minimum Gasteiger partial charge on any atom is -0.364 e. The molecular weight excluding hydrogens is 489 g/mol. The van der Waals surface area contributed by atoms with Crippen LogP contribution in [-0.4, -0.2) is 71.6 Å². The Morgan fingerprint density at radius 1 is 1.24 bits per heavy atom. The van der Waals surface area contributed by atoms with Gasteiger partial charge < -0.3 is 15.1 Å². The number of halogens is 3. The molecule has 8 nitrogen and oxygen atoms in total. The van der Waals surface area contributed by atoms with E-state index in [-0.39, 0.29) is 42.7 Å². The molecular formula is C22H34Cl3N5O3. The summed E-state index contributed by atoms with van der Waals surface area (Å²) in [6.45, 7) is 2.52. The van der Waals surface area contributed by atoms with Gasteiger partial charge in [0.1, 0.15) is 5.82 Å². The molecule has 0 bridgehead atoms. The fraction of sp³-hybridized carbons (Fsp3) is 0.591. The number of hydrogen-bond donors (Lipinski definition) is 3. The number of carbonyl (C=O) groups is 2. The van der Waals surface area contributed by atoms with E-state index in [0.717, 1.165) is 45.2 Å². The van der Waals surface area contributed by atoms with E-state index in [9.17, 15) is 9.59 Å². The van der Waals surface area contributed by atoms with Crippen LogP contribution in [0.25, 0.3) is 6.08 Å². The molecule has 3 N–H and O–H groups in total. The quantitative estimate of drug-likeness (QED) is 0.288. The van der Waals surface area contributed by atoms with E-state index in [2.05, 4.69) is 29.3 Å². The number of aromatic nitrogens is 1. The molecule has 3 rings (SSSR count). The molecule has 0 unspecified atom stereocenters. The van der Waals surface area contributed by atoms with Crippen molar-refractivity contribution in [2.75, 3.05) is 39.0 Å². The Bertz CT molecular complexity index is 816. The molecule has 2 heterocycles. The van der Waals surface area contributed by atoms with Crippen LogP contribution in [0.2, 0.25) is 5.02 Å². The van der Waals surface area contributed by atoms with Gasteiger partial charge in [0.2, 0.25) is 5.91 Å². The molecule has 0 aromatic carbocycles. The van der Waals surface area contributed by atoms with Crippen molar-refractivity contribution in [1.29, 1.82) is 0 Å². The van der Waals surface area contributed by atoms with Crippen molar-refractivity contribution < 1.29 is 14.8 Å². The van der Waals surface area contributed by atoms with Crippen molar-refractivity contribution in [1.82, 2.24) is 20.3 Å². The van der Waals surface area contributed by atoms with Gasteiger partial charge in [-0.2, -0.15) is 0 Å². The Morgan fingerprint density at radius 3 is 2.55 bits per heavy atom. The molecule has 1 aliphatic carbocycles. The average molecular weight is 523 g/mol. The largest absolute Gasteiger partial charge is 0.364 e. The molecule has 1 saturated heterocycles. The molecule has 11 heteroatoms. The second-order valence-corrected chi connectivity index (χ2v) is 9.21. The zero-order chi connectivity index (χ0) is 22.4. The number of anilines is 1. The predicted molar refractivity (Wildman–Crippen MR) is 135 cm³/mol. The molecule has 0 radical (unpaired) electrons. The second kappa shape index (κ2) is 14.0. The number of amides is 2. The summed E-state index contributed by atoms with van der Waals surface area (Å²) in [6, 6.07) is 1.81. The Hall–Kier alpha value is -1.58. The van der Waals surface area contributed by atoms with Crippen molar-refractivity contribution in [2.45, 2.75) is 38.1 Å². The van der Waals surface area contributed by atoms with E-state index in [1.807, 2.05) is 4.90 Å². The van der Waals surface area contributed by atoms with Gasteiger partial charge in [-0.05, 0) is 69.8 Å². The van der Waals surface area contributed by atoms with Crippen LogP contribution in [0, 0.1) is 11.8 Å². The lowest BCUT2D eigenvalue weighted by molar-refractivity contribution is -0.135. The molecule has 2 fully saturated rings. The lowest BCUT2D eigenvalue weighted by Crippen LogP contribution is -2.38. The van der Waals surface area contributed by atoms with Crippen LogP contribution in [0.1, 0.15) is 37.7 Å². The Balaban J connectivity index is 0.00000272. The number of likely N-dealkylation sites (tertiary alicyclic amines) is 1. The molecule has 1 aliphatic heterocycles. The third-order valence-electron chi connectivity index (χ3n) is 6.06. The van der Waals surface area contributed by atoms with Crippen LogP contribution in [0.4, 0.5) is 5.82 Å². The van der Waals surface area contributed by atoms with Crippen LogP contribution < -0.4 is 10.8 Å². The maximum atomic E-state index is 13.0. The predicted octanol–water partition coefficient (Wildman–Crippen LogP) is 3.48. The number of hydrogen-bond acceptors (Lipinski definition) is 6. The van der Waals surface area contributed by atoms with E-state index in [0.29, 0.717) is 28.9 Å². The van der Waals surface area contributed by atoms with E-state index in [1.54, 1.807) is 12.3 Å². The van der Waals surface area contributed by atoms with E-state index >= 15 is 0 Å². The van der Waals surface area contributed by atoms with Crippen LogP contribution in [-0.2, 0) is 9.59 Å². The minimum atomic E-state index is -0.625. The van der Waals surface area contributed by atoms with Gasteiger partial charge in [-0.15, -0.1) is 24.8 Å². The van der Waals surface area contributed by atoms with Gasteiger partial charge in [0.05, 0.1) is 5.02 Å². The van der Waals surface area contributed by atoms with Crippen molar-refractivity contribution in [3.63, 3.8) is 0 Å². The first-order valence-corrected chi connectivity index (χ1v) is 11.2. The van der Waals surface area contributed by atoms with Gasteiger partial charge >= 0.3 is 0 Å². The molecule has 1 aromatic rings. The Labute approximate surface area is 212 Å². The first-order valence-electron chi connectivity index (χ1n) is 10.8. The smallest absolute Gasteiger partial charge is 0.267 e. The summed E-state index contributed by atoms with van der Waals surface area (Å²) in [5.74, 6) is 1.08. The lowest BCUT2D eigenvalue weighted by Gasteiger charge is -2.31. The molecule has 1 atom stereocenters. The highest BCUT2D eigenvalue weighted by molar-refractivity contribution is 6.33. The monoisotopic (exact) mass is 521 g/mol. The summed E-state index contributed by atoms with van der Waals surface area (Å²) in [5.41, 5.74) is 2.18. The fourth-order valence-corrected chi connectivity index (χ4v) is 4.73. The zero-order valence-corrected chi connectivity index (χ0v) is 21.4. The molecule has 1 saturated carbocycles. The maximum Gasteiger partial charge on any atom is 0.267 e. The summed E-state index contributed by atoms with van der Waals surface area (Å²) >= 11 is 6.33. The summed E-state index contributed by atoms with van der Waals surface area (Å²) < 4.78 is 0. The van der Waals surface area contributed by atoms with Crippen molar-refractivity contribution in [3.8, 4) is 0 Å². The first-order chi connectivity index (χ1) is 14.9. The van der Waals surface area contributed by atoms with Crippen LogP contribution in [0.15, 0.2) is 18.3 Å². The Morgan fingerprint density at radius 2 is 1.94 bits per heavy atom. The summed E-state index contributed by atoms with van der Waals surface area (Å²) in [7, 11) is 4.21. The molecule has 2 amide bonds. The lowest BCUT2D eigenvalue weighted by atomic mass is 9.81. The first kappa shape index (κ1) is 29.5. The highest BCUT2D eigenvalue weighted by Crippen LogP contribution is 2.31. The average Bonchev–Trinajstić information content (AvgIpc) is 3.22. The Kier molecular flexibility index (Phi) is 12.5. The van der Waals surface area contributed by atoms with Gasteiger partial charge in [-0.25, -0.2) is 10.5 Å². The van der Waals surface area contributed by atoms with Crippen molar-refractivity contribution in [3.05, 3.63) is 28.9 Å². The topological polar surface area (TPSA) is 97.8 Å². The molecule has 186 valence electrons. The molecule has 1 aromatic heterocycles. The van der Waals surface area contributed by atoms with Gasteiger partial charge in [0.15, 0.2) is 0 Å². The highest BCUT2D eigenvalue weighted by Gasteiger charge is 2.33. The van der Waals surface area contributed by atoms with Crippen LogP contribution in [0.5, 0.6) is 0 Å². The normalized spacial score (nSPS) is 22.6. The summed E-state index contributed by atoms with van der Waals surface area (Å²) in [5, 5.41) is 12.3. The fourth-order valence-electron chi connectivity index (χ4n) is 4.50. The minimum absolute atomic E-state index is 0. The number of carbonyl (C=O) groups excluding carboxylic acids is 2. The molecule has 0 spiro atoms. The third kappa shape index (κ3) is 8.61. The third-order valence-corrected chi connectivity index (χ3v) is 6.35. The standard InChI is InChI=1S/C22H32ClN5O3.2ClH/c1-27(2)13-15-3-6-17(7-4-15)22(30)28-10-9-18(14-28)25-21-19(23)11-16(12-24-21)5-8-20(29)26-31;;/h5,8,11-12,15,17-18,31H,3-4,6-7,9-10,13-14H2,1-2H3,(H,24,25)(H,26,29);2*1H/t15-,17-,18-;;/m1../s1. The van der Waals surface area contributed by atoms with Crippen molar-refractivity contribution in [2.24, 2.45) is 11.8 Å².